The molecular formula is C24H30N4O2S. The molecule has 6 nitrogen and oxygen atoms in total. The largest absolute Gasteiger partial charge is 0.345 e. The average Bonchev–Trinajstić information content (AvgIpc) is 3.16. The first-order chi connectivity index (χ1) is 15.1. The molecule has 2 amide bonds. The zero-order valence-corrected chi connectivity index (χ0v) is 18.9. The van der Waals surface area contributed by atoms with Crippen molar-refractivity contribution in [2.45, 2.75) is 45.4 Å². The molecule has 2 aromatic rings. The molecular weight excluding hydrogens is 408 g/mol. The number of nitrogens with zero attached hydrogens (tertiary/aromatic N) is 3. The Morgan fingerprint density at radius 3 is 2.61 bits per heavy atom. The van der Waals surface area contributed by atoms with Crippen LogP contribution in [-0.2, 0) is 22.4 Å². The molecule has 1 saturated carbocycles. The molecule has 0 bridgehead atoms. The Morgan fingerprint density at radius 2 is 1.90 bits per heavy atom. The lowest BCUT2D eigenvalue weighted by atomic mass is 9.84. The molecule has 1 N–H and O–H groups in total. The predicted molar refractivity (Wildman–Crippen MR) is 124 cm³/mol. The van der Waals surface area contributed by atoms with Crippen molar-refractivity contribution in [1.29, 1.82) is 0 Å². The van der Waals surface area contributed by atoms with Crippen LogP contribution in [0.1, 0.15) is 41.8 Å². The molecule has 1 saturated heterocycles. The van der Waals surface area contributed by atoms with Gasteiger partial charge in [-0.25, -0.2) is 4.98 Å². The molecule has 2 heterocycles. The highest BCUT2D eigenvalue weighted by Crippen LogP contribution is 2.35. The number of thiazole rings is 1. The van der Waals surface area contributed by atoms with Crippen LogP contribution in [0.5, 0.6) is 0 Å². The number of aromatic nitrogens is 1. The van der Waals surface area contributed by atoms with Gasteiger partial charge in [0.25, 0.3) is 0 Å². The van der Waals surface area contributed by atoms with E-state index in [-0.39, 0.29) is 17.7 Å². The minimum Gasteiger partial charge on any atom is -0.345 e. The van der Waals surface area contributed by atoms with E-state index in [2.05, 4.69) is 10.2 Å². The highest BCUT2D eigenvalue weighted by molar-refractivity contribution is 7.15. The number of aryl methyl sites for hydroxylation is 2. The van der Waals surface area contributed by atoms with Crippen molar-refractivity contribution in [1.82, 2.24) is 9.88 Å². The number of amides is 2. The van der Waals surface area contributed by atoms with E-state index in [0.29, 0.717) is 5.91 Å². The lowest BCUT2D eigenvalue weighted by Crippen LogP contribution is -2.51. The molecule has 0 spiro atoms. The average molecular weight is 439 g/mol. The third-order valence-corrected chi connectivity index (χ3v) is 8.08. The van der Waals surface area contributed by atoms with Crippen molar-refractivity contribution in [2.75, 3.05) is 36.4 Å². The fourth-order valence-electron chi connectivity index (χ4n) is 4.72. The van der Waals surface area contributed by atoms with Gasteiger partial charge in [0.2, 0.25) is 11.8 Å². The van der Waals surface area contributed by atoms with Crippen LogP contribution in [0, 0.1) is 18.8 Å². The van der Waals surface area contributed by atoms with E-state index in [4.69, 9.17) is 4.98 Å². The van der Waals surface area contributed by atoms with Crippen molar-refractivity contribution in [3.8, 4) is 0 Å². The Labute approximate surface area is 187 Å². The number of hydrogen-bond acceptors (Lipinski definition) is 5. The zero-order valence-electron chi connectivity index (χ0n) is 18.1. The van der Waals surface area contributed by atoms with E-state index in [1.165, 1.54) is 11.3 Å². The van der Waals surface area contributed by atoms with E-state index < -0.39 is 0 Å². The second kappa shape index (κ2) is 8.61. The van der Waals surface area contributed by atoms with Crippen LogP contribution in [0.15, 0.2) is 24.3 Å². The molecule has 1 aromatic heterocycles. The number of anilines is 2. The van der Waals surface area contributed by atoms with Gasteiger partial charge in [0, 0.05) is 48.6 Å². The van der Waals surface area contributed by atoms with E-state index in [1.54, 1.807) is 11.3 Å². The van der Waals surface area contributed by atoms with Crippen LogP contribution >= 0.6 is 11.3 Å². The van der Waals surface area contributed by atoms with Crippen molar-refractivity contribution < 1.29 is 9.59 Å². The van der Waals surface area contributed by atoms with Crippen molar-refractivity contribution in [3.63, 3.8) is 0 Å². The van der Waals surface area contributed by atoms with Crippen LogP contribution in [0.2, 0.25) is 0 Å². The Bertz CT molecular complexity index is 976. The molecule has 3 aliphatic rings. The first kappa shape index (κ1) is 20.5. The number of carbonyl (C=O) groups is 2. The number of carbonyl (C=O) groups excluding carboxylic acids is 2. The van der Waals surface area contributed by atoms with Crippen LogP contribution in [0.25, 0.3) is 0 Å². The van der Waals surface area contributed by atoms with Crippen molar-refractivity contribution in [3.05, 3.63) is 40.4 Å². The summed E-state index contributed by atoms with van der Waals surface area (Å²) in [7, 11) is 0. The SMILES string of the molecule is Cc1cccc(NC(=O)C2CCc3nc(N4CCN(C(=O)C5CCC5)CC4)sc3C2)c1. The first-order valence-electron chi connectivity index (χ1n) is 11.5. The molecule has 1 unspecified atom stereocenters. The number of benzene rings is 1. The Kier molecular flexibility index (Phi) is 5.69. The first-order valence-corrected chi connectivity index (χ1v) is 12.3. The highest BCUT2D eigenvalue weighted by Gasteiger charge is 2.33. The Morgan fingerprint density at radius 1 is 1.10 bits per heavy atom. The van der Waals surface area contributed by atoms with Gasteiger partial charge in [-0.1, -0.05) is 18.6 Å². The van der Waals surface area contributed by atoms with Gasteiger partial charge in [0.05, 0.1) is 5.69 Å². The van der Waals surface area contributed by atoms with Crippen LogP contribution in [0.4, 0.5) is 10.8 Å². The summed E-state index contributed by atoms with van der Waals surface area (Å²) >= 11 is 1.73. The minimum absolute atomic E-state index is 0.00161. The second-order valence-corrected chi connectivity index (χ2v) is 10.2. The van der Waals surface area contributed by atoms with Gasteiger partial charge in [-0.05, 0) is 56.7 Å². The summed E-state index contributed by atoms with van der Waals surface area (Å²) in [6.45, 7) is 5.32. The summed E-state index contributed by atoms with van der Waals surface area (Å²) in [4.78, 5) is 35.8. The lowest BCUT2D eigenvalue weighted by Gasteiger charge is -2.38. The predicted octanol–water partition coefficient (Wildman–Crippen LogP) is 3.64. The number of nitrogens with one attached hydrogen (secondary N) is 1. The van der Waals surface area contributed by atoms with Gasteiger partial charge in [-0.3, -0.25) is 9.59 Å². The molecule has 2 aliphatic carbocycles. The van der Waals surface area contributed by atoms with Crippen LogP contribution in [0.3, 0.4) is 0 Å². The maximum atomic E-state index is 12.8. The van der Waals surface area contributed by atoms with E-state index in [1.807, 2.05) is 36.1 Å². The van der Waals surface area contributed by atoms with Crippen molar-refractivity contribution >= 4 is 34.0 Å². The van der Waals surface area contributed by atoms with Gasteiger partial charge in [-0.2, -0.15) is 0 Å². The fraction of sp³-hybridized carbons (Fsp3) is 0.542. The molecule has 7 heteroatoms. The lowest BCUT2D eigenvalue weighted by molar-refractivity contribution is -0.138. The Balaban J connectivity index is 1.18. The number of rotatable bonds is 4. The number of fused-ring (bicyclic) bond motifs is 1. The number of hydrogen-bond donors (Lipinski definition) is 1. The molecule has 0 radical (unpaired) electrons. The summed E-state index contributed by atoms with van der Waals surface area (Å²) in [5.41, 5.74) is 3.17. The van der Waals surface area contributed by atoms with Gasteiger partial charge >= 0.3 is 0 Å². The minimum atomic E-state index is -0.00161. The quantitative estimate of drug-likeness (QED) is 0.792. The molecule has 164 valence electrons. The number of piperazine rings is 1. The summed E-state index contributed by atoms with van der Waals surface area (Å²) in [6, 6.07) is 7.95. The third-order valence-electron chi connectivity index (χ3n) is 6.90. The second-order valence-electron chi connectivity index (χ2n) is 9.10. The van der Waals surface area contributed by atoms with Crippen molar-refractivity contribution in [2.24, 2.45) is 11.8 Å². The molecule has 2 fully saturated rings. The summed E-state index contributed by atoms with van der Waals surface area (Å²) < 4.78 is 0. The van der Waals surface area contributed by atoms with Gasteiger partial charge in [0.15, 0.2) is 5.13 Å². The highest BCUT2D eigenvalue weighted by atomic mass is 32.1. The van der Waals surface area contributed by atoms with Gasteiger partial charge < -0.3 is 15.1 Å². The zero-order chi connectivity index (χ0) is 21.4. The maximum absolute atomic E-state index is 12.8. The molecule has 1 atom stereocenters. The van der Waals surface area contributed by atoms with Gasteiger partial charge in [0.1, 0.15) is 0 Å². The molecule has 1 aliphatic heterocycles. The summed E-state index contributed by atoms with van der Waals surface area (Å²) in [5, 5.41) is 4.14. The van der Waals surface area contributed by atoms with E-state index in [0.717, 1.165) is 80.4 Å². The van der Waals surface area contributed by atoms with Crippen LogP contribution < -0.4 is 10.2 Å². The topological polar surface area (TPSA) is 65.5 Å². The molecule has 5 rings (SSSR count). The van der Waals surface area contributed by atoms with E-state index in [9.17, 15) is 9.59 Å². The van der Waals surface area contributed by atoms with Crippen LogP contribution in [-0.4, -0.2) is 47.9 Å². The normalized spacial score (nSPS) is 21.4. The molecule has 31 heavy (non-hydrogen) atoms. The third kappa shape index (κ3) is 4.33. The smallest absolute Gasteiger partial charge is 0.227 e. The van der Waals surface area contributed by atoms with E-state index >= 15 is 0 Å². The monoisotopic (exact) mass is 438 g/mol. The maximum Gasteiger partial charge on any atom is 0.227 e. The summed E-state index contributed by atoms with van der Waals surface area (Å²) in [5.74, 6) is 0.737. The summed E-state index contributed by atoms with van der Waals surface area (Å²) in [6.07, 6.45) is 5.80. The standard InChI is InChI=1S/C24H30N4O2S/c1-16-4-2-7-19(14-16)25-22(29)18-8-9-20-21(15-18)31-24(26-20)28-12-10-27(11-13-28)23(30)17-5-3-6-17/h2,4,7,14,17-18H,3,5-6,8-13,15H2,1H3,(H,25,29). The molecule has 1 aromatic carbocycles. The Hall–Kier alpha value is -2.41. The fourth-order valence-corrected chi connectivity index (χ4v) is 5.96. The van der Waals surface area contributed by atoms with Gasteiger partial charge in [-0.15, -0.1) is 11.3 Å².